The lowest BCUT2D eigenvalue weighted by molar-refractivity contribution is -0.146. The highest BCUT2D eigenvalue weighted by Gasteiger charge is 2.36. The number of carbonyl (C=O) groups is 2. The van der Waals surface area contributed by atoms with Crippen molar-refractivity contribution in [1.29, 1.82) is 0 Å². The second kappa shape index (κ2) is 7.39. The van der Waals surface area contributed by atoms with E-state index >= 15 is 0 Å². The molecule has 1 aliphatic heterocycles. The van der Waals surface area contributed by atoms with Crippen molar-refractivity contribution < 1.29 is 14.7 Å². The van der Waals surface area contributed by atoms with Gasteiger partial charge in [0.15, 0.2) is 0 Å². The molecular weight excluding hydrogens is 310 g/mol. The molecule has 3 unspecified atom stereocenters. The molecule has 0 bridgehead atoms. The van der Waals surface area contributed by atoms with Crippen LogP contribution in [0.3, 0.4) is 0 Å². The van der Waals surface area contributed by atoms with Crippen molar-refractivity contribution in [2.75, 3.05) is 18.1 Å². The molecule has 1 saturated heterocycles. The Morgan fingerprint density at radius 2 is 1.87 bits per heavy atom. The van der Waals surface area contributed by atoms with Gasteiger partial charge in [-0.2, -0.15) is 11.8 Å². The summed E-state index contributed by atoms with van der Waals surface area (Å²) in [6.45, 7) is 0.761. The van der Waals surface area contributed by atoms with E-state index in [1.165, 1.54) is 5.56 Å². The standard InChI is InChI=1S/C18H23NO3S/c20-17(14-7-4-8-15(11-14)18(21)22)19-9-10-23-12-16(19)13-5-2-1-3-6-13/h1-3,5-6,14-16H,4,7-12H2,(H,21,22). The van der Waals surface area contributed by atoms with Gasteiger partial charge in [-0.3, -0.25) is 9.59 Å². The predicted octanol–water partition coefficient (Wildman–Crippen LogP) is 3.19. The van der Waals surface area contributed by atoms with E-state index in [4.69, 9.17) is 0 Å². The highest BCUT2D eigenvalue weighted by Crippen LogP contribution is 2.35. The first-order chi connectivity index (χ1) is 11.2. The third-order valence-corrected chi connectivity index (χ3v) is 5.99. The number of hydrogen-bond acceptors (Lipinski definition) is 3. The van der Waals surface area contributed by atoms with Crippen LogP contribution >= 0.6 is 11.8 Å². The van der Waals surface area contributed by atoms with Crippen molar-refractivity contribution in [2.24, 2.45) is 11.8 Å². The van der Waals surface area contributed by atoms with Crippen molar-refractivity contribution >= 4 is 23.6 Å². The Balaban J connectivity index is 1.75. The van der Waals surface area contributed by atoms with Gasteiger partial charge in [-0.1, -0.05) is 36.8 Å². The van der Waals surface area contributed by atoms with Crippen LogP contribution in [0.5, 0.6) is 0 Å². The summed E-state index contributed by atoms with van der Waals surface area (Å²) in [7, 11) is 0. The van der Waals surface area contributed by atoms with Gasteiger partial charge in [0.25, 0.3) is 0 Å². The SMILES string of the molecule is O=C(O)C1CCCC(C(=O)N2CCSCC2c2ccccc2)C1. The van der Waals surface area contributed by atoms with E-state index in [9.17, 15) is 14.7 Å². The van der Waals surface area contributed by atoms with Crippen LogP contribution in [0, 0.1) is 11.8 Å². The molecule has 2 aliphatic rings. The largest absolute Gasteiger partial charge is 0.481 e. The minimum absolute atomic E-state index is 0.118. The van der Waals surface area contributed by atoms with E-state index in [0.29, 0.717) is 12.8 Å². The minimum atomic E-state index is -0.753. The van der Waals surface area contributed by atoms with Gasteiger partial charge in [0, 0.05) is 24.0 Å². The molecule has 124 valence electrons. The molecule has 4 nitrogen and oxygen atoms in total. The normalized spacial score (nSPS) is 28.3. The molecule has 1 aromatic carbocycles. The number of rotatable bonds is 3. The van der Waals surface area contributed by atoms with E-state index in [1.54, 1.807) is 0 Å². The van der Waals surface area contributed by atoms with Gasteiger partial charge in [0.2, 0.25) is 5.91 Å². The van der Waals surface area contributed by atoms with E-state index < -0.39 is 5.97 Å². The maximum atomic E-state index is 13.0. The Bertz CT molecular complexity index is 563. The molecule has 3 atom stereocenters. The van der Waals surface area contributed by atoms with E-state index in [1.807, 2.05) is 34.9 Å². The number of carboxylic acids is 1. The van der Waals surface area contributed by atoms with Gasteiger partial charge in [-0.15, -0.1) is 0 Å². The van der Waals surface area contributed by atoms with Gasteiger partial charge >= 0.3 is 5.97 Å². The highest BCUT2D eigenvalue weighted by atomic mass is 32.2. The molecular formula is C18H23NO3S. The molecule has 1 amide bonds. The van der Waals surface area contributed by atoms with Gasteiger partial charge in [-0.25, -0.2) is 0 Å². The number of carboxylic acid groups (broad SMARTS) is 1. The molecule has 3 rings (SSSR count). The third kappa shape index (κ3) is 3.71. The number of aliphatic carboxylic acids is 1. The summed E-state index contributed by atoms with van der Waals surface area (Å²) in [4.78, 5) is 26.3. The number of hydrogen-bond donors (Lipinski definition) is 1. The second-order valence-corrected chi connectivity index (χ2v) is 7.58. The predicted molar refractivity (Wildman–Crippen MR) is 91.3 cm³/mol. The molecule has 1 heterocycles. The lowest BCUT2D eigenvalue weighted by Crippen LogP contribution is -2.45. The summed E-state index contributed by atoms with van der Waals surface area (Å²) in [6, 6.07) is 10.3. The highest BCUT2D eigenvalue weighted by molar-refractivity contribution is 7.99. The van der Waals surface area contributed by atoms with Crippen molar-refractivity contribution in [3.8, 4) is 0 Å². The minimum Gasteiger partial charge on any atom is -0.481 e. The first kappa shape index (κ1) is 16.4. The number of carbonyl (C=O) groups excluding carboxylic acids is 1. The Kier molecular flexibility index (Phi) is 5.26. The number of thioether (sulfide) groups is 1. The van der Waals surface area contributed by atoms with Gasteiger partial charge in [0.1, 0.15) is 0 Å². The average Bonchev–Trinajstić information content (AvgIpc) is 2.62. The molecule has 0 spiro atoms. The second-order valence-electron chi connectivity index (χ2n) is 6.43. The van der Waals surface area contributed by atoms with E-state index in [2.05, 4.69) is 12.1 Å². The topological polar surface area (TPSA) is 57.6 Å². The molecule has 1 aliphatic carbocycles. The zero-order valence-corrected chi connectivity index (χ0v) is 14.0. The van der Waals surface area contributed by atoms with Crippen LogP contribution in [-0.4, -0.2) is 39.9 Å². The summed E-state index contributed by atoms with van der Waals surface area (Å²) in [5.74, 6) is 0.808. The summed E-state index contributed by atoms with van der Waals surface area (Å²) in [6.07, 6.45) is 2.87. The zero-order chi connectivity index (χ0) is 16.2. The van der Waals surface area contributed by atoms with Gasteiger partial charge in [-0.05, 0) is 24.8 Å². The quantitative estimate of drug-likeness (QED) is 0.923. The van der Waals surface area contributed by atoms with Crippen molar-refractivity contribution in [3.63, 3.8) is 0 Å². The van der Waals surface area contributed by atoms with Crippen molar-refractivity contribution in [3.05, 3.63) is 35.9 Å². The van der Waals surface area contributed by atoms with E-state index in [-0.39, 0.29) is 23.8 Å². The fourth-order valence-electron chi connectivity index (χ4n) is 3.69. The van der Waals surface area contributed by atoms with Gasteiger partial charge in [0.05, 0.1) is 12.0 Å². The van der Waals surface area contributed by atoms with Crippen molar-refractivity contribution in [2.45, 2.75) is 31.7 Å². The maximum Gasteiger partial charge on any atom is 0.306 e. The van der Waals surface area contributed by atoms with Crippen LogP contribution in [-0.2, 0) is 9.59 Å². The summed E-state index contributed by atoms with van der Waals surface area (Å²) >= 11 is 1.88. The summed E-state index contributed by atoms with van der Waals surface area (Å²) in [5, 5.41) is 9.25. The smallest absolute Gasteiger partial charge is 0.306 e. The molecule has 0 aromatic heterocycles. The molecule has 1 aromatic rings. The Hall–Kier alpha value is -1.49. The van der Waals surface area contributed by atoms with Crippen LogP contribution in [0.1, 0.15) is 37.3 Å². The van der Waals surface area contributed by atoms with E-state index in [0.717, 1.165) is 30.9 Å². The lowest BCUT2D eigenvalue weighted by atomic mass is 9.80. The zero-order valence-electron chi connectivity index (χ0n) is 13.2. The molecule has 2 fully saturated rings. The number of nitrogens with zero attached hydrogens (tertiary/aromatic N) is 1. The van der Waals surface area contributed by atoms with Crippen LogP contribution in [0.25, 0.3) is 0 Å². The summed E-state index contributed by atoms with van der Waals surface area (Å²) in [5.41, 5.74) is 1.18. The first-order valence-corrected chi connectivity index (χ1v) is 9.48. The fraction of sp³-hybridized carbons (Fsp3) is 0.556. The first-order valence-electron chi connectivity index (χ1n) is 8.33. The van der Waals surface area contributed by atoms with Crippen LogP contribution in [0.4, 0.5) is 0 Å². The van der Waals surface area contributed by atoms with Crippen molar-refractivity contribution in [1.82, 2.24) is 4.90 Å². The van der Waals surface area contributed by atoms with Gasteiger partial charge < -0.3 is 10.0 Å². The monoisotopic (exact) mass is 333 g/mol. The summed E-state index contributed by atoms with van der Waals surface area (Å²) < 4.78 is 0. The Morgan fingerprint density at radius 3 is 2.61 bits per heavy atom. The Morgan fingerprint density at radius 1 is 1.13 bits per heavy atom. The molecule has 1 saturated carbocycles. The maximum absolute atomic E-state index is 13.0. The van der Waals surface area contributed by atoms with Crippen LogP contribution < -0.4 is 0 Å². The number of benzene rings is 1. The molecule has 1 N–H and O–H groups in total. The molecule has 23 heavy (non-hydrogen) atoms. The number of amides is 1. The van der Waals surface area contributed by atoms with Crippen LogP contribution in [0.2, 0.25) is 0 Å². The molecule has 5 heteroatoms. The third-order valence-electron chi connectivity index (χ3n) is 4.97. The van der Waals surface area contributed by atoms with Crippen LogP contribution in [0.15, 0.2) is 30.3 Å². The lowest BCUT2D eigenvalue weighted by Gasteiger charge is -2.39. The fourth-order valence-corrected chi connectivity index (χ4v) is 4.78. The Labute approximate surface area is 141 Å². The molecule has 0 radical (unpaired) electrons. The average molecular weight is 333 g/mol.